The average molecular weight is 225 g/mol. The SMILES string of the molecule is NC(=O)c1c(C2CCCCC2)nsc1N. The third-order valence-corrected chi connectivity index (χ3v) is 3.67. The van der Waals surface area contributed by atoms with Crippen LogP contribution in [0.25, 0.3) is 0 Å². The van der Waals surface area contributed by atoms with Gasteiger partial charge in [-0.1, -0.05) is 19.3 Å². The second-order valence-corrected chi connectivity index (χ2v) is 4.81. The minimum absolute atomic E-state index is 0.384. The Labute approximate surface area is 92.8 Å². The summed E-state index contributed by atoms with van der Waals surface area (Å²) in [5, 5.41) is 0.461. The Morgan fingerprint density at radius 3 is 2.60 bits per heavy atom. The number of carbonyl (C=O) groups is 1. The summed E-state index contributed by atoms with van der Waals surface area (Å²) in [6, 6.07) is 0. The average Bonchev–Trinajstić information content (AvgIpc) is 2.61. The van der Waals surface area contributed by atoms with Crippen LogP contribution in [-0.2, 0) is 0 Å². The minimum Gasteiger partial charge on any atom is -0.389 e. The number of nitrogens with two attached hydrogens (primary N) is 2. The number of hydrogen-bond acceptors (Lipinski definition) is 4. The molecule has 0 unspecified atom stereocenters. The maximum atomic E-state index is 11.3. The van der Waals surface area contributed by atoms with Crippen LogP contribution in [0.4, 0.5) is 5.00 Å². The molecule has 4 nitrogen and oxygen atoms in total. The number of nitrogen functional groups attached to an aromatic ring is 1. The first-order valence-corrected chi connectivity index (χ1v) is 6.02. The fourth-order valence-electron chi connectivity index (χ4n) is 2.22. The first-order valence-electron chi connectivity index (χ1n) is 5.25. The summed E-state index contributed by atoms with van der Waals surface area (Å²) in [4.78, 5) is 11.3. The van der Waals surface area contributed by atoms with E-state index in [0.717, 1.165) is 18.5 Å². The quantitative estimate of drug-likeness (QED) is 0.806. The molecule has 0 aromatic carbocycles. The lowest BCUT2D eigenvalue weighted by Crippen LogP contribution is -2.17. The van der Waals surface area contributed by atoms with E-state index in [9.17, 15) is 4.79 Å². The smallest absolute Gasteiger partial charge is 0.253 e. The number of rotatable bonds is 2. The van der Waals surface area contributed by atoms with E-state index in [1.165, 1.54) is 30.8 Å². The molecular formula is C10H15N3OS. The third kappa shape index (κ3) is 1.97. The van der Waals surface area contributed by atoms with Crippen molar-refractivity contribution < 1.29 is 4.79 Å². The van der Waals surface area contributed by atoms with Crippen molar-refractivity contribution in [2.24, 2.45) is 5.73 Å². The Morgan fingerprint density at radius 2 is 2.00 bits per heavy atom. The van der Waals surface area contributed by atoms with E-state index in [-0.39, 0.29) is 0 Å². The van der Waals surface area contributed by atoms with Gasteiger partial charge in [-0.05, 0) is 24.4 Å². The van der Waals surface area contributed by atoms with Crippen molar-refractivity contribution in [3.05, 3.63) is 11.3 Å². The lowest BCUT2D eigenvalue weighted by molar-refractivity contribution is 0.0999. The first kappa shape index (κ1) is 10.4. The van der Waals surface area contributed by atoms with Gasteiger partial charge in [-0.25, -0.2) is 0 Å². The van der Waals surface area contributed by atoms with Gasteiger partial charge in [0.2, 0.25) is 0 Å². The molecule has 1 aliphatic carbocycles. The number of nitrogens with zero attached hydrogens (tertiary/aromatic N) is 1. The van der Waals surface area contributed by atoms with Crippen molar-refractivity contribution in [1.29, 1.82) is 0 Å². The van der Waals surface area contributed by atoms with Crippen LogP contribution in [0.1, 0.15) is 54.1 Å². The number of anilines is 1. The maximum absolute atomic E-state index is 11.3. The van der Waals surface area contributed by atoms with Gasteiger partial charge in [0, 0.05) is 5.92 Å². The summed E-state index contributed by atoms with van der Waals surface area (Å²) in [7, 11) is 0. The highest BCUT2D eigenvalue weighted by atomic mass is 32.1. The Balaban J connectivity index is 2.30. The number of hydrogen-bond donors (Lipinski definition) is 2. The molecule has 1 saturated carbocycles. The molecular weight excluding hydrogens is 210 g/mol. The molecule has 1 aromatic heterocycles. The fraction of sp³-hybridized carbons (Fsp3) is 0.600. The molecule has 0 atom stereocenters. The molecule has 0 saturated heterocycles. The summed E-state index contributed by atoms with van der Waals surface area (Å²) in [5.74, 6) is -0.0587. The Morgan fingerprint density at radius 1 is 1.33 bits per heavy atom. The highest BCUT2D eigenvalue weighted by Gasteiger charge is 2.25. The van der Waals surface area contributed by atoms with E-state index in [1.54, 1.807) is 0 Å². The van der Waals surface area contributed by atoms with Crippen molar-refractivity contribution >= 4 is 22.4 Å². The molecule has 5 heteroatoms. The van der Waals surface area contributed by atoms with E-state index < -0.39 is 5.91 Å². The van der Waals surface area contributed by atoms with Crippen LogP contribution in [-0.4, -0.2) is 10.3 Å². The molecule has 0 bridgehead atoms. The van der Waals surface area contributed by atoms with Gasteiger partial charge in [-0.3, -0.25) is 4.79 Å². The molecule has 2 rings (SSSR count). The van der Waals surface area contributed by atoms with Crippen LogP contribution in [0.3, 0.4) is 0 Å². The highest BCUT2D eigenvalue weighted by Crippen LogP contribution is 2.36. The van der Waals surface area contributed by atoms with E-state index in [1.807, 2.05) is 0 Å². The van der Waals surface area contributed by atoms with E-state index in [0.29, 0.717) is 16.5 Å². The number of primary amides is 1. The van der Waals surface area contributed by atoms with Gasteiger partial charge in [0.1, 0.15) is 5.00 Å². The standard InChI is InChI=1S/C10H15N3OS/c11-9(14)7-8(13-15-10(7)12)6-4-2-1-3-5-6/h6H,1-5,12H2,(H2,11,14). The van der Waals surface area contributed by atoms with Crippen LogP contribution in [0, 0.1) is 0 Å². The Kier molecular flexibility index (Phi) is 2.90. The zero-order valence-electron chi connectivity index (χ0n) is 8.53. The van der Waals surface area contributed by atoms with Crippen molar-refractivity contribution in [1.82, 2.24) is 4.37 Å². The number of aromatic nitrogens is 1. The minimum atomic E-state index is -0.443. The summed E-state index contributed by atoms with van der Waals surface area (Å²) in [6.07, 6.45) is 5.90. The zero-order valence-corrected chi connectivity index (χ0v) is 9.35. The van der Waals surface area contributed by atoms with Gasteiger partial charge in [0.15, 0.2) is 0 Å². The summed E-state index contributed by atoms with van der Waals surface area (Å²) in [5.41, 5.74) is 12.3. The van der Waals surface area contributed by atoms with Crippen molar-refractivity contribution in [2.45, 2.75) is 38.0 Å². The largest absolute Gasteiger partial charge is 0.389 e. The van der Waals surface area contributed by atoms with Gasteiger partial charge in [-0.2, -0.15) is 4.37 Å². The normalized spacial score (nSPS) is 17.9. The van der Waals surface area contributed by atoms with Crippen molar-refractivity contribution in [2.75, 3.05) is 5.73 Å². The Bertz CT molecular complexity index is 369. The van der Waals surface area contributed by atoms with Gasteiger partial charge < -0.3 is 11.5 Å². The second-order valence-electron chi connectivity index (χ2n) is 4.01. The van der Waals surface area contributed by atoms with Gasteiger partial charge in [0.25, 0.3) is 5.91 Å². The molecule has 1 fully saturated rings. The van der Waals surface area contributed by atoms with Crippen LogP contribution < -0.4 is 11.5 Å². The summed E-state index contributed by atoms with van der Waals surface area (Å²) >= 11 is 1.18. The molecule has 0 spiro atoms. The molecule has 4 N–H and O–H groups in total. The van der Waals surface area contributed by atoms with Crippen LogP contribution >= 0.6 is 11.5 Å². The molecule has 1 aromatic rings. The number of amides is 1. The predicted molar refractivity (Wildman–Crippen MR) is 60.9 cm³/mol. The molecule has 1 amide bonds. The van der Waals surface area contributed by atoms with Crippen LogP contribution in [0.2, 0.25) is 0 Å². The monoisotopic (exact) mass is 225 g/mol. The lowest BCUT2D eigenvalue weighted by Gasteiger charge is -2.20. The summed E-state index contributed by atoms with van der Waals surface area (Å²) < 4.78 is 4.28. The fourth-order valence-corrected chi connectivity index (χ4v) is 2.95. The molecule has 0 radical (unpaired) electrons. The summed E-state index contributed by atoms with van der Waals surface area (Å²) in [6.45, 7) is 0. The van der Waals surface area contributed by atoms with Gasteiger partial charge >= 0.3 is 0 Å². The third-order valence-electron chi connectivity index (χ3n) is 2.98. The second kappa shape index (κ2) is 4.18. The van der Waals surface area contributed by atoms with Gasteiger partial charge in [0.05, 0.1) is 11.3 Å². The van der Waals surface area contributed by atoms with E-state index in [2.05, 4.69) is 4.37 Å². The predicted octanol–water partition coefficient (Wildman–Crippen LogP) is 1.87. The van der Waals surface area contributed by atoms with Crippen LogP contribution in [0.15, 0.2) is 0 Å². The van der Waals surface area contributed by atoms with Crippen LogP contribution in [0.5, 0.6) is 0 Å². The Hall–Kier alpha value is -1.10. The van der Waals surface area contributed by atoms with E-state index >= 15 is 0 Å². The van der Waals surface area contributed by atoms with E-state index in [4.69, 9.17) is 11.5 Å². The highest BCUT2D eigenvalue weighted by molar-refractivity contribution is 7.10. The van der Waals surface area contributed by atoms with Crippen molar-refractivity contribution in [3.63, 3.8) is 0 Å². The molecule has 1 heterocycles. The molecule has 1 aliphatic rings. The topological polar surface area (TPSA) is 82.0 Å². The van der Waals surface area contributed by atoms with Gasteiger partial charge in [-0.15, -0.1) is 0 Å². The van der Waals surface area contributed by atoms with Crippen molar-refractivity contribution in [3.8, 4) is 0 Å². The first-order chi connectivity index (χ1) is 7.20. The number of carbonyl (C=O) groups excluding carboxylic acids is 1. The lowest BCUT2D eigenvalue weighted by atomic mass is 9.85. The zero-order chi connectivity index (χ0) is 10.8. The molecule has 82 valence electrons. The maximum Gasteiger partial charge on any atom is 0.253 e. The molecule has 0 aliphatic heterocycles. The molecule has 15 heavy (non-hydrogen) atoms.